The fraction of sp³-hybridized carbons (Fsp3) is 0.462. The molecule has 2 atom stereocenters. The predicted molar refractivity (Wildman–Crippen MR) is 128 cm³/mol. The molecule has 8 nitrogen and oxygen atoms in total. The van der Waals surface area contributed by atoms with Gasteiger partial charge in [0.05, 0.1) is 19.3 Å². The zero-order chi connectivity index (χ0) is 24.6. The molecule has 0 spiro atoms. The maximum atomic E-state index is 12.6. The fourth-order valence-electron chi connectivity index (χ4n) is 3.77. The highest BCUT2D eigenvalue weighted by Crippen LogP contribution is 2.22. The Balaban J connectivity index is 1.50. The van der Waals surface area contributed by atoms with E-state index in [-0.39, 0.29) is 23.5 Å². The van der Waals surface area contributed by atoms with Gasteiger partial charge in [-0.15, -0.1) is 0 Å². The lowest BCUT2D eigenvalue weighted by Crippen LogP contribution is -2.46. The van der Waals surface area contributed by atoms with Crippen LogP contribution in [-0.4, -0.2) is 68.6 Å². The predicted octanol–water partition coefficient (Wildman–Crippen LogP) is 2.09. The number of benzene rings is 2. The Bertz CT molecular complexity index is 994. The first kappa shape index (κ1) is 25.7. The zero-order valence-electron chi connectivity index (χ0n) is 20.0. The SMILES string of the molecule is COc1ccc(CC(C)(C)NCC(O)COc2ccc(C(=O)C3CNCCO3)cc2C#N)cc1. The number of hydrogen-bond donors (Lipinski definition) is 3. The van der Waals surface area contributed by atoms with E-state index in [2.05, 4.69) is 30.6 Å². The number of methoxy groups -OCH3 is 1. The number of rotatable bonds is 11. The summed E-state index contributed by atoms with van der Waals surface area (Å²) in [5.74, 6) is 0.979. The Morgan fingerprint density at radius 1 is 1.32 bits per heavy atom. The van der Waals surface area contributed by atoms with Gasteiger partial charge in [-0.05, 0) is 56.2 Å². The molecule has 2 unspecified atom stereocenters. The van der Waals surface area contributed by atoms with E-state index in [1.165, 1.54) is 6.07 Å². The van der Waals surface area contributed by atoms with Crippen molar-refractivity contribution in [1.29, 1.82) is 5.26 Å². The first-order valence-electron chi connectivity index (χ1n) is 11.4. The van der Waals surface area contributed by atoms with Crippen LogP contribution in [0.4, 0.5) is 0 Å². The molecule has 1 aliphatic heterocycles. The summed E-state index contributed by atoms with van der Waals surface area (Å²) in [6.07, 6.45) is -0.551. The number of nitrogens with one attached hydrogen (secondary N) is 2. The van der Waals surface area contributed by atoms with Crippen LogP contribution in [0.15, 0.2) is 42.5 Å². The van der Waals surface area contributed by atoms with E-state index in [1.54, 1.807) is 19.2 Å². The number of hydrogen-bond acceptors (Lipinski definition) is 8. The van der Waals surface area contributed by atoms with Crippen molar-refractivity contribution >= 4 is 5.78 Å². The number of ketones is 1. The first-order chi connectivity index (χ1) is 16.3. The number of β-amino-alcohol motifs (C(OH)–C–C–N with tert-alkyl or cyclic N) is 1. The van der Waals surface area contributed by atoms with Crippen molar-refractivity contribution in [2.24, 2.45) is 0 Å². The summed E-state index contributed by atoms with van der Waals surface area (Å²) in [4.78, 5) is 12.6. The molecule has 1 heterocycles. The molecule has 0 saturated carbocycles. The number of morpholine rings is 1. The van der Waals surface area contributed by atoms with Crippen LogP contribution < -0.4 is 20.1 Å². The van der Waals surface area contributed by atoms with E-state index in [0.29, 0.717) is 31.0 Å². The molecule has 0 amide bonds. The van der Waals surface area contributed by atoms with Gasteiger partial charge in [0.2, 0.25) is 0 Å². The summed E-state index contributed by atoms with van der Waals surface area (Å²) in [6, 6.07) is 14.7. The smallest absolute Gasteiger partial charge is 0.192 e. The van der Waals surface area contributed by atoms with Gasteiger partial charge in [-0.25, -0.2) is 0 Å². The number of nitrogens with zero attached hydrogens (tertiary/aromatic N) is 1. The molecule has 8 heteroatoms. The molecule has 3 N–H and O–H groups in total. The summed E-state index contributed by atoms with van der Waals surface area (Å²) < 4.78 is 16.4. The Hall–Kier alpha value is -2.96. The Morgan fingerprint density at radius 2 is 2.09 bits per heavy atom. The minimum atomic E-state index is -0.773. The first-order valence-corrected chi connectivity index (χ1v) is 11.4. The van der Waals surface area contributed by atoms with E-state index in [9.17, 15) is 15.2 Å². The van der Waals surface area contributed by atoms with Gasteiger partial charge in [0.15, 0.2) is 5.78 Å². The second-order valence-electron chi connectivity index (χ2n) is 9.01. The zero-order valence-corrected chi connectivity index (χ0v) is 20.0. The van der Waals surface area contributed by atoms with E-state index >= 15 is 0 Å². The summed E-state index contributed by atoms with van der Waals surface area (Å²) in [5, 5.41) is 26.4. The summed E-state index contributed by atoms with van der Waals surface area (Å²) in [7, 11) is 1.64. The third-order valence-corrected chi connectivity index (χ3v) is 5.66. The fourth-order valence-corrected chi connectivity index (χ4v) is 3.77. The molecule has 0 bridgehead atoms. The van der Waals surface area contributed by atoms with Crippen molar-refractivity contribution in [3.8, 4) is 17.6 Å². The Kier molecular flexibility index (Phi) is 9.02. The van der Waals surface area contributed by atoms with Crippen LogP contribution >= 0.6 is 0 Å². The van der Waals surface area contributed by atoms with Crippen LogP contribution in [-0.2, 0) is 11.2 Å². The third kappa shape index (κ3) is 7.27. The molecule has 2 aromatic rings. The van der Waals surface area contributed by atoms with Crippen LogP contribution in [0.5, 0.6) is 11.5 Å². The molecule has 0 radical (unpaired) electrons. The highest BCUT2D eigenvalue weighted by molar-refractivity contribution is 6.00. The van der Waals surface area contributed by atoms with Crippen LogP contribution in [0, 0.1) is 11.3 Å². The van der Waals surface area contributed by atoms with Gasteiger partial charge in [0.1, 0.15) is 36.4 Å². The highest BCUT2D eigenvalue weighted by Gasteiger charge is 2.24. The molecular weight excluding hydrogens is 434 g/mol. The van der Waals surface area contributed by atoms with Crippen molar-refractivity contribution in [2.45, 2.75) is 38.0 Å². The molecule has 1 fully saturated rings. The summed E-state index contributed by atoms with van der Waals surface area (Å²) >= 11 is 0. The van der Waals surface area contributed by atoms with Gasteiger partial charge in [0, 0.05) is 30.7 Å². The quantitative estimate of drug-likeness (QED) is 0.431. The summed E-state index contributed by atoms with van der Waals surface area (Å²) in [5.41, 5.74) is 1.56. The number of aliphatic hydroxyl groups is 1. The minimum Gasteiger partial charge on any atom is -0.497 e. The van der Waals surface area contributed by atoms with E-state index in [1.807, 2.05) is 24.3 Å². The van der Waals surface area contributed by atoms with Crippen molar-refractivity contribution in [2.75, 3.05) is 40.0 Å². The average molecular weight is 468 g/mol. The van der Waals surface area contributed by atoms with Crippen LogP contribution in [0.1, 0.15) is 35.3 Å². The molecule has 2 aromatic carbocycles. The van der Waals surface area contributed by atoms with Crippen molar-refractivity contribution in [1.82, 2.24) is 10.6 Å². The largest absolute Gasteiger partial charge is 0.497 e. The molecule has 3 rings (SSSR count). The number of Topliss-reactive ketones (excluding diaryl/α,β-unsaturated/α-hetero) is 1. The number of aliphatic hydroxyl groups excluding tert-OH is 1. The van der Waals surface area contributed by atoms with Crippen LogP contribution in [0.3, 0.4) is 0 Å². The minimum absolute atomic E-state index is 0.0171. The van der Waals surface area contributed by atoms with Gasteiger partial charge in [-0.1, -0.05) is 12.1 Å². The average Bonchev–Trinajstić information content (AvgIpc) is 2.86. The maximum absolute atomic E-state index is 12.6. The number of carbonyl (C=O) groups is 1. The number of carbonyl (C=O) groups excluding carboxylic acids is 1. The second kappa shape index (κ2) is 12.0. The molecular formula is C26H33N3O5. The van der Waals surface area contributed by atoms with Gasteiger partial charge in [-0.3, -0.25) is 4.79 Å². The van der Waals surface area contributed by atoms with Gasteiger partial charge in [-0.2, -0.15) is 5.26 Å². The van der Waals surface area contributed by atoms with Crippen molar-refractivity contribution in [3.05, 3.63) is 59.2 Å². The van der Waals surface area contributed by atoms with Gasteiger partial charge < -0.3 is 30.0 Å². The lowest BCUT2D eigenvalue weighted by molar-refractivity contribution is 0.0269. The molecule has 0 aliphatic carbocycles. The number of ether oxygens (including phenoxy) is 3. The lowest BCUT2D eigenvalue weighted by Gasteiger charge is -2.28. The Labute approximate surface area is 200 Å². The van der Waals surface area contributed by atoms with Crippen molar-refractivity contribution in [3.63, 3.8) is 0 Å². The second-order valence-corrected chi connectivity index (χ2v) is 9.01. The van der Waals surface area contributed by atoms with E-state index in [4.69, 9.17) is 14.2 Å². The molecule has 1 aliphatic rings. The molecule has 0 aromatic heterocycles. The monoisotopic (exact) mass is 467 g/mol. The van der Waals surface area contributed by atoms with Crippen LogP contribution in [0.25, 0.3) is 0 Å². The Morgan fingerprint density at radius 3 is 2.74 bits per heavy atom. The van der Waals surface area contributed by atoms with E-state index < -0.39 is 12.2 Å². The highest BCUT2D eigenvalue weighted by atomic mass is 16.5. The topological polar surface area (TPSA) is 113 Å². The van der Waals surface area contributed by atoms with Gasteiger partial charge in [0.25, 0.3) is 0 Å². The standard InChI is InChI=1S/C26H33N3O5/c1-26(2,13-18-4-7-22(32-3)8-5-18)29-15-21(30)17-34-23-9-6-19(12-20(23)14-27)25(31)24-16-28-10-11-33-24/h4-9,12,21,24,28-30H,10-11,13,15-17H2,1-3H3. The maximum Gasteiger partial charge on any atom is 0.192 e. The van der Waals surface area contributed by atoms with Crippen LogP contribution in [0.2, 0.25) is 0 Å². The van der Waals surface area contributed by atoms with E-state index in [0.717, 1.165) is 24.3 Å². The number of nitriles is 1. The lowest BCUT2D eigenvalue weighted by atomic mass is 9.94. The molecule has 1 saturated heterocycles. The third-order valence-electron chi connectivity index (χ3n) is 5.66. The van der Waals surface area contributed by atoms with Crippen molar-refractivity contribution < 1.29 is 24.1 Å². The summed E-state index contributed by atoms with van der Waals surface area (Å²) in [6.45, 7) is 6.13. The molecule has 182 valence electrons. The van der Waals surface area contributed by atoms with Gasteiger partial charge >= 0.3 is 0 Å². The normalized spacial score (nSPS) is 17.0. The molecule has 34 heavy (non-hydrogen) atoms.